The summed E-state index contributed by atoms with van der Waals surface area (Å²) in [6, 6.07) is 10.3. The maximum Gasteiger partial charge on any atom is 0.317 e. The Morgan fingerprint density at radius 2 is 1.86 bits per heavy atom. The quantitative estimate of drug-likeness (QED) is 0.277. The molecule has 1 N–H and O–H groups in total. The number of nitrogens with zero attached hydrogens (tertiary/aromatic N) is 4. The Kier molecular flexibility index (Phi) is 5.48. The van der Waals surface area contributed by atoms with E-state index in [2.05, 4.69) is 20.7 Å². The smallest absolute Gasteiger partial charge is 0.317 e. The summed E-state index contributed by atoms with van der Waals surface area (Å²) >= 11 is 0. The molecule has 224 valence electrons. The summed E-state index contributed by atoms with van der Waals surface area (Å²) in [5.74, 6) is 1.10. The summed E-state index contributed by atoms with van der Waals surface area (Å²) in [6.07, 6.45) is 11.3. The molecule has 0 aliphatic carbocycles. The van der Waals surface area contributed by atoms with Gasteiger partial charge in [-0.2, -0.15) is 9.97 Å². The van der Waals surface area contributed by atoms with E-state index >= 15 is 4.39 Å². The molecular formula is C35H31F3N4O2. The van der Waals surface area contributed by atoms with Crippen molar-refractivity contribution < 1.29 is 23.0 Å². The SMILES string of the molecule is C#Cc1c(F)ccc2cc(O)cc(-c3ccc4c(C56CC7CCC(C5)N76)nc(OCC56CCCN5CC(F)C6)nc4c3F)c12. The van der Waals surface area contributed by atoms with Gasteiger partial charge >= 0.3 is 6.01 Å². The molecule has 5 aliphatic rings. The number of alkyl halides is 1. The van der Waals surface area contributed by atoms with Gasteiger partial charge in [0.15, 0.2) is 5.82 Å². The van der Waals surface area contributed by atoms with E-state index in [1.165, 1.54) is 37.1 Å². The van der Waals surface area contributed by atoms with Crippen molar-refractivity contribution in [1.82, 2.24) is 19.8 Å². The highest BCUT2D eigenvalue weighted by Crippen LogP contribution is 2.64. The minimum atomic E-state index is -0.894. The Hall–Kier alpha value is -3.87. The Morgan fingerprint density at radius 3 is 2.66 bits per heavy atom. The second kappa shape index (κ2) is 9.09. The van der Waals surface area contributed by atoms with Crippen molar-refractivity contribution >= 4 is 21.7 Å². The van der Waals surface area contributed by atoms with Crippen molar-refractivity contribution in [3.8, 4) is 35.2 Å². The van der Waals surface area contributed by atoms with Crippen molar-refractivity contribution in [3.05, 3.63) is 59.3 Å². The van der Waals surface area contributed by atoms with E-state index in [-0.39, 0.29) is 46.1 Å². The van der Waals surface area contributed by atoms with Crippen LogP contribution in [0.5, 0.6) is 11.8 Å². The number of phenols is 1. The van der Waals surface area contributed by atoms with Gasteiger partial charge < -0.3 is 9.84 Å². The molecule has 4 unspecified atom stereocenters. The van der Waals surface area contributed by atoms with E-state index in [9.17, 15) is 13.9 Å². The molecule has 5 saturated heterocycles. The minimum absolute atomic E-state index is 0.00134. The van der Waals surface area contributed by atoms with Gasteiger partial charge in [-0.05, 0) is 74.2 Å². The van der Waals surface area contributed by atoms with E-state index in [1.54, 1.807) is 6.07 Å². The number of phenolic OH excluding ortho intramolecular Hbond substituents is 1. The molecule has 9 rings (SSSR count). The van der Waals surface area contributed by atoms with E-state index in [0.717, 1.165) is 37.9 Å². The number of fused-ring (bicyclic) bond motifs is 3. The maximum atomic E-state index is 16.9. The molecule has 0 saturated carbocycles. The molecule has 1 aromatic heterocycles. The fourth-order valence-corrected chi connectivity index (χ4v) is 9.42. The Labute approximate surface area is 252 Å². The lowest BCUT2D eigenvalue weighted by atomic mass is 9.65. The van der Waals surface area contributed by atoms with Crippen LogP contribution >= 0.6 is 0 Å². The monoisotopic (exact) mass is 596 g/mol. The standard InChI is InChI=1S/C35H31F3N4O2/c1-2-24-28(37)9-4-19-12-23(43)13-27(29(19)24)25-7-8-26-31(30(25)38)39-33(44-18-34-10-3-11-41(34)17-20(36)14-34)40-32(26)35-15-21-5-6-22(16-35)42(21)35/h1,4,7-9,12-13,20-22,43H,3,5-6,10-11,14-18H2. The Balaban J connectivity index is 1.21. The minimum Gasteiger partial charge on any atom is -0.508 e. The maximum absolute atomic E-state index is 16.9. The van der Waals surface area contributed by atoms with Crippen LogP contribution in [0, 0.1) is 24.0 Å². The molecule has 0 bridgehead atoms. The zero-order valence-electron chi connectivity index (χ0n) is 24.1. The molecule has 0 amide bonds. The van der Waals surface area contributed by atoms with Crippen molar-refractivity contribution in [1.29, 1.82) is 0 Å². The van der Waals surface area contributed by atoms with Crippen molar-refractivity contribution in [2.45, 2.75) is 74.3 Å². The van der Waals surface area contributed by atoms with Crippen LogP contribution in [0.1, 0.15) is 56.2 Å². The van der Waals surface area contributed by atoms with Crippen LogP contribution in [0.15, 0.2) is 36.4 Å². The number of piperidine rings is 1. The van der Waals surface area contributed by atoms with Gasteiger partial charge in [-0.3, -0.25) is 9.80 Å². The zero-order valence-corrected chi connectivity index (χ0v) is 24.1. The second-order valence-corrected chi connectivity index (χ2v) is 13.4. The third-order valence-electron chi connectivity index (χ3n) is 11.2. The normalized spacial score (nSPS) is 30.6. The van der Waals surface area contributed by atoms with Gasteiger partial charge in [0.1, 0.15) is 29.9 Å². The number of aromatic hydroxyl groups is 1. The fraction of sp³-hybridized carbons (Fsp3) is 0.429. The van der Waals surface area contributed by atoms with Gasteiger partial charge in [0.05, 0.1) is 22.3 Å². The number of terminal acetylenes is 1. The average molecular weight is 597 g/mol. The molecule has 4 aromatic rings. The summed E-state index contributed by atoms with van der Waals surface area (Å²) in [5, 5.41) is 12.0. The van der Waals surface area contributed by atoms with Gasteiger partial charge in [-0.15, -0.1) is 6.42 Å². The number of halogens is 3. The molecule has 9 heteroatoms. The first-order valence-corrected chi connectivity index (χ1v) is 15.5. The van der Waals surface area contributed by atoms with Crippen LogP contribution in [0.2, 0.25) is 0 Å². The van der Waals surface area contributed by atoms with E-state index in [4.69, 9.17) is 16.1 Å². The third kappa shape index (κ3) is 3.47. The van der Waals surface area contributed by atoms with Crippen LogP contribution in [-0.2, 0) is 5.54 Å². The largest absolute Gasteiger partial charge is 0.508 e. The molecule has 6 nitrogen and oxygen atoms in total. The molecule has 5 aliphatic heterocycles. The predicted octanol–water partition coefficient (Wildman–Crippen LogP) is 6.21. The summed E-state index contributed by atoms with van der Waals surface area (Å²) in [4.78, 5) is 14.3. The zero-order chi connectivity index (χ0) is 30.0. The molecule has 44 heavy (non-hydrogen) atoms. The number of hydrogen-bond acceptors (Lipinski definition) is 6. The van der Waals surface area contributed by atoms with Crippen LogP contribution in [0.4, 0.5) is 13.2 Å². The highest BCUT2D eigenvalue weighted by atomic mass is 19.1. The van der Waals surface area contributed by atoms with Gasteiger partial charge in [-0.25, -0.2) is 13.2 Å². The van der Waals surface area contributed by atoms with Crippen molar-refractivity contribution in [2.24, 2.45) is 0 Å². The van der Waals surface area contributed by atoms with Crippen LogP contribution in [-0.4, -0.2) is 68.4 Å². The van der Waals surface area contributed by atoms with Gasteiger partial charge in [0, 0.05) is 41.4 Å². The first-order chi connectivity index (χ1) is 21.3. The Morgan fingerprint density at radius 1 is 1.05 bits per heavy atom. The van der Waals surface area contributed by atoms with Gasteiger partial charge in [0.2, 0.25) is 0 Å². The number of rotatable bonds is 5. The molecule has 0 spiro atoms. The first kappa shape index (κ1) is 26.5. The highest BCUT2D eigenvalue weighted by Gasteiger charge is 2.67. The molecule has 3 aromatic carbocycles. The average Bonchev–Trinajstić information content (AvgIpc) is 3.54. The summed E-state index contributed by atoms with van der Waals surface area (Å²) in [7, 11) is 0. The highest BCUT2D eigenvalue weighted by molar-refractivity contribution is 6.03. The van der Waals surface area contributed by atoms with E-state index in [0.29, 0.717) is 41.2 Å². The number of benzene rings is 3. The lowest BCUT2D eigenvalue weighted by Crippen LogP contribution is -2.72. The van der Waals surface area contributed by atoms with Crippen LogP contribution < -0.4 is 4.74 Å². The third-order valence-corrected chi connectivity index (χ3v) is 11.2. The summed E-state index contributed by atoms with van der Waals surface area (Å²) in [6.45, 7) is 1.48. The van der Waals surface area contributed by atoms with E-state index in [1.807, 2.05) is 6.07 Å². The van der Waals surface area contributed by atoms with Crippen LogP contribution in [0.3, 0.4) is 0 Å². The molecule has 5 fully saturated rings. The lowest BCUT2D eigenvalue weighted by molar-refractivity contribution is -0.173. The van der Waals surface area contributed by atoms with Gasteiger partial charge in [-0.1, -0.05) is 24.1 Å². The molecule has 4 atom stereocenters. The lowest BCUT2D eigenvalue weighted by Gasteiger charge is -2.66. The second-order valence-electron chi connectivity index (χ2n) is 13.4. The molecule has 6 heterocycles. The predicted molar refractivity (Wildman–Crippen MR) is 160 cm³/mol. The first-order valence-electron chi connectivity index (χ1n) is 15.5. The number of aromatic nitrogens is 2. The molecular weight excluding hydrogens is 565 g/mol. The molecule has 0 radical (unpaired) electrons. The van der Waals surface area contributed by atoms with Crippen LogP contribution in [0.25, 0.3) is 32.8 Å². The number of ether oxygens (including phenoxy) is 1. The van der Waals surface area contributed by atoms with Crippen molar-refractivity contribution in [2.75, 3.05) is 19.7 Å². The summed E-state index contributed by atoms with van der Waals surface area (Å²) < 4.78 is 52.5. The summed E-state index contributed by atoms with van der Waals surface area (Å²) in [5.41, 5.74) is 0.625. The Bertz CT molecular complexity index is 1930. The topological polar surface area (TPSA) is 61.7 Å². The fourth-order valence-electron chi connectivity index (χ4n) is 9.42. The van der Waals surface area contributed by atoms with Gasteiger partial charge in [0.25, 0.3) is 0 Å². The van der Waals surface area contributed by atoms with E-state index < -0.39 is 23.3 Å². The van der Waals surface area contributed by atoms with Crippen molar-refractivity contribution in [3.63, 3.8) is 0 Å². The number of hydrogen-bond donors (Lipinski definition) is 1.